The summed E-state index contributed by atoms with van der Waals surface area (Å²) in [4.78, 5) is 20.9. The van der Waals surface area contributed by atoms with E-state index < -0.39 is 22.4 Å². The summed E-state index contributed by atoms with van der Waals surface area (Å²) in [5.74, 6) is -1.91. The molecule has 0 heterocycles. The minimum absolute atomic E-state index is 0.342. The Hall–Kier alpha value is -0.270. The number of hydrogen-bond donors (Lipinski definition) is 2. The van der Waals surface area contributed by atoms with E-state index in [4.69, 9.17) is 22.4 Å². The average Bonchev–Trinajstić information content (AvgIpc) is 2.03. The van der Waals surface area contributed by atoms with Crippen molar-refractivity contribution in [2.24, 2.45) is 0 Å². The monoisotopic (exact) mass is 254 g/mol. The average molecular weight is 254 g/mol. The van der Waals surface area contributed by atoms with Gasteiger partial charge in [0.15, 0.2) is 0 Å². The zero-order chi connectivity index (χ0) is 11.3. The molecule has 0 saturated carbocycles. The molecule has 0 aliphatic rings. The van der Waals surface area contributed by atoms with Crippen LogP contribution < -0.4 is 0 Å². The van der Waals surface area contributed by atoms with Crippen LogP contribution in [0, 0.1) is 0 Å². The molecule has 0 amide bonds. The highest BCUT2D eigenvalue weighted by atomic mass is 32.2. The van der Waals surface area contributed by atoms with Crippen LogP contribution in [0.3, 0.4) is 0 Å². The van der Waals surface area contributed by atoms with Gasteiger partial charge in [-0.3, -0.25) is 9.59 Å². The second-order valence-electron chi connectivity index (χ2n) is 2.45. The molecule has 0 aromatic carbocycles. The van der Waals surface area contributed by atoms with E-state index in [1.165, 1.54) is 13.8 Å². The van der Waals surface area contributed by atoms with Gasteiger partial charge in [-0.2, -0.15) is 0 Å². The van der Waals surface area contributed by atoms with E-state index in [1.807, 2.05) is 0 Å². The molecule has 0 unspecified atom stereocenters. The smallest absolute Gasteiger partial charge is 0.316 e. The zero-order valence-electron chi connectivity index (χ0n) is 7.59. The zero-order valence-corrected chi connectivity index (χ0v) is 10.0. The molecule has 0 rings (SSSR count). The lowest BCUT2D eigenvalue weighted by atomic mass is 10.5. The van der Waals surface area contributed by atoms with Crippen molar-refractivity contribution in [2.75, 3.05) is 0 Å². The second-order valence-corrected chi connectivity index (χ2v) is 6.33. The molecule has 0 saturated heterocycles. The van der Waals surface area contributed by atoms with Gasteiger partial charge >= 0.3 is 11.9 Å². The largest absolute Gasteiger partial charge is 0.480 e. The van der Waals surface area contributed by atoms with Crippen LogP contribution in [-0.4, -0.2) is 36.2 Å². The van der Waals surface area contributed by atoms with E-state index in [0.717, 1.165) is 23.5 Å². The van der Waals surface area contributed by atoms with Crippen molar-refractivity contribution in [3.63, 3.8) is 0 Å². The van der Waals surface area contributed by atoms with Gasteiger partial charge in [0.2, 0.25) is 0 Å². The Morgan fingerprint density at radius 3 is 1.57 bits per heavy atom. The minimum atomic E-state index is -0.957. The van der Waals surface area contributed by atoms with E-state index in [9.17, 15) is 9.59 Å². The van der Waals surface area contributed by atoms with Gasteiger partial charge in [0, 0.05) is 0 Å². The van der Waals surface area contributed by atoms with Gasteiger partial charge in [0.1, 0.15) is 14.0 Å². The Kier molecular flexibility index (Phi) is 6.14. The van der Waals surface area contributed by atoms with E-state index in [0.29, 0.717) is 3.53 Å². The maximum Gasteiger partial charge on any atom is 0.316 e. The third-order valence-corrected chi connectivity index (χ3v) is 3.89. The first-order chi connectivity index (χ1) is 6.34. The van der Waals surface area contributed by atoms with Crippen molar-refractivity contribution < 1.29 is 19.8 Å². The number of carboxylic acid groups (broad SMARTS) is 2. The number of carboxylic acids is 2. The molecule has 0 radical (unpaired) electrons. The molecule has 0 fully saturated rings. The Morgan fingerprint density at radius 2 is 1.36 bits per heavy atom. The molecule has 2 atom stereocenters. The molecule has 0 aromatic rings. The molecular weight excluding hydrogens is 244 g/mol. The highest BCUT2D eigenvalue weighted by molar-refractivity contribution is 8.47. The Bertz CT molecular complexity index is 229. The highest BCUT2D eigenvalue weighted by Gasteiger charge is 2.19. The van der Waals surface area contributed by atoms with Crippen LogP contribution in [0.15, 0.2) is 0 Å². The molecule has 0 aliphatic heterocycles. The Morgan fingerprint density at radius 1 is 1.07 bits per heavy atom. The Balaban J connectivity index is 3.99. The fourth-order valence-electron chi connectivity index (χ4n) is 0.417. The van der Waals surface area contributed by atoms with Gasteiger partial charge < -0.3 is 10.2 Å². The first-order valence-electron chi connectivity index (χ1n) is 3.67. The summed E-state index contributed by atoms with van der Waals surface area (Å²) in [6.45, 7) is 3.01. The molecule has 0 aliphatic carbocycles. The lowest BCUT2D eigenvalue weighted by Gasteiger charge is -2.08. The predicted octanol–water partition coefficient (Wildman–Crippen LogP) is 1.68. The lowest BCUT2D eigenvalue weighted by Crippen LogP contribution is -2.16. The van der Waals surface area contributed by atoms with E-state index in [1.54, 1.807) is 0 Å². The molecular formula is C7H10O4S3. The third kappa shape index (κ3) is 5.46. The highest BCUT2D eigenvalue weighted by Crippen LogP contribution is 2.25. The van der Waals surface area contributed by atoms with Crippen LogP contribution in [0.4, 0.5) is 0 Å². The summed E-state index contributed by atoms with van der Waals surface area (Å²) < 4.78 is 0.342. The predicted molar refractivity (Wildman–Crippen MR) is 62.0 cm³/mol. The molecule has 0 bridgehead atoms. The molecule has 0 aromatic heterocycles. The van der Waals surface area contributed by atoms with Crippen LogP contribution in [0.2, 0.25) is 0 Å². The number of thioether (sulfide) groups is 2. The van der Waals surface area contributed by atoms with Gasteiger partial charge in [0.25, 0.3) is 0 Å². The number of carbonyl (C=O) groups is 2. The summed E-state index contributed by atoms with van der Waals surface area (Å²) in [7, 11) is 0. The van der Waals surface area contributed by atoms with Crippen molar-refractivity contribution in [2.45, 2.75) is 24.3 Å². The summed E-state index contributed by atoms with van der Waals surface area (Å²) in [6.07, 6.45) is 0. The van der Waals surface area contributed by atoms with Crippen molar-refractivity contribution in [1.29, 1.82) is 0 Å². The summed E-state index contributed by atoms with van der Waals surface area (Å²) in [5, 5.41) is 15.9. The third-order valence-electron chi connectivity index (χ3n) is 1.24. The van der Waals surface area contributed by atoms with Crippen LogP contribution in [0.5, 0.6) is 0 Å². The van der Waals surface area contributed by atoms with E-state index in [-0.39, 0.29) is 0 Å². The van der Waals surface area contributed by atoms with Gasteiger partial charge in [0.05, 0.1) is 0 Å². The van der Waals surface area contributed by atoms with Crippen LogP contribution in [0.1, 0.15) is 13.8 Å². The van der Waals surface area contributed by atoms with Crippen molar-refractivity contribution >= 4 is 51.2 Å². The number of thiocarbonyl (C=S) groups is 1. The fraction of sp³-hybridized carbons (Fsp3) is 0.571. The maximum atomic E-state index is 10.4. The number of hydrogen-bond acceptors (Lipinski definition) is 5. The van der Waals surface area contributed by atoms with Crippen LogP contribution >= 0.6 is 35.7 Å². The molecule has 2 N–H and O–H groups in total. The van der Waals surface area contributed by atoms with Crippen LogP contribution in [-0.2, 0) is 9.59 Å². The lowest BCUT2D eigenvalue weighted by molar-refractivity contribution is -0.137. The first-order valence-corrected chi connectivity index (χ1v) is 5.84. The molecule has 80 valence electrons. The van der Waals surface area contributed by atoms with Gasteiger partial charge in [-0.1, -0.05) is 35.7 Å². The Labute approximate surface area is 95.4 Å². The van der Waals surface area contributed by atoms with Crippen molar-refractivity contribution in [1.82, 2.24) is 0 Å². The topological polar surface area (TPSA) is 74.6 Å². The molecule has 7 heteroatoms. The SMILES string of the molecule is C[C@H](SC(=S)S[C@@H](C)C(=O)O)C(=O)O. The molecule has 4 nitrogen and oxygen atoms in total. The van der Waals surface area contributed by atoms with Gasteiger partial charge in [-0.15, -0.1) is 0 Å². The quantitative estimate of drug-likeness (QED) is 0.739. The maximum absolute atomic E-state index is 10.4. The first kappa shape index (κ1) is 13.7. The fourth-order valence-corrected chi connectivity index (χ4v) is 3.15. The standard InChI is InChI=1S/C7H10O4S3/c1-3(5(8)9)13-7(12)14-4(2)6(10)11/h3-4H,1-2H3,(H,8,9)(H,10,11)/t3-,4-/m0/s1. The van der Waals surface area contributed by atoms with E-state index in [2.05, 4.69) is 0 Å². The normalized spacial score (nSPS) is 14.4. The van der Waals surface area contributed by atoms with Crippen LogP contribution in [0.25, 0.3) is 0 Å². The number of aliphatic carboxylic acids is 2. The van der Waals surface area contributed by atoms with Gasteiger partial charge in [-0.25, -0.2) is 0 Å². The molecule has 14 heavy (non-hydrogen) atoms. The number of rotatable bonds is 4. The van der Waals surface area contributed by atoms with Crippen molar-refractivity contribution in [3.05, 3.63) is 0 Å². The van der Waals surface area contributed by atoms with Gasteiger partial charge in [-0.05, 0) is 13.8 Å². The van der Waals surface area contributed by atoms with Crippen molar-refractivity contribution in [3.8, 4) is 0 Å². The molecule has 0 spiro atoms. The second kappa shape index (κ2) is 6.26. The summed E-state index contributed by atoms with van der Waals surface area (Å²) >= 11 is 6.81. The minimum Gasteiger partial charge on any atom is -0.480 e. The summed E-state index contributed by atoms with van der Waals surface area (Å²) in [6, 6.07) is 0. The van der Waals surface area contributed by atoms with E-state index >= 15 is 0 Å². The summed E-state index contributed by atoms with van der Waals surface area (Å²) in [5.41, 5.74) is 0.